The van der Waals surface area contributed by atoms with E-state index >= 15 is 0 Å². The van der Waals surface area contributed by atoms with Crippen LogP contribution in [0.2, 0.25) is 0 Å². The lowest BCUT2D eigenvalue weighted by Gasteiger charge is -2.06. The van der Waals surface area contributed by atoms with E-state index in [1.165, 1.54) is 17.8 Å². The lowest BCUT2D eigenvalue weighted by molar-refractivity contribution is -0.115. The quantitative estimate of drug-likeness (QED) is 0.804. The lowest BCUT2D eigenvalue weighted by Crippen LogP contribution is -2.12. The minimum atomic E-state index is -0.262. The Balaban J connectivity index is 1.78. The highest BCUT2D eigenvalue weighted by Gasteiger charge is 2.05. The molecule has 2 aromatic carbocycles. The Labute approximate surface area is 127 Å². The topological polar surface area (TPSA) is 49.3 Å². The number of nitrogens with one attached hydrogen (secondary N) is 1. The van der Waals surface area contributed by atoms with Crippen molar-refractivity contribution in [2.75, 3.05) is 11.1 Å². The van der Waals surface area contributed by atoms with Crippen molar-refractivity contribution in [3.8, 4) is 0 Å². The maximum Gasteiger partial charge on any atom is 0.225 e. The first-order valence-corrected chi connectivity index (χ1v) is 7.54. The van der Waals surface area contributed by atoms with Crippen molar-refractivity contribution in [1.82, 2.24) is 0 Å². The highest BCUT2D eigenvalue weighted by molar-refractivity contribution is 7.99. The van der Waals surface area contributed by atoms with Crippen molar-refractivity contribution in [1.29, 1.82) is 0 Å². The molecule has 21 heavy (non-hydrogen) atoms. The molecule has 2 aromatic rings. The van der Waals surface area contributed by atoms with Crippen molar-refractivity contribution >= 4 is 23.4 Å². The zero-order chi connectivity index (χ0) is 15.1. The molecule has 5 heteroatoms. The van der Waals surface area contributed by atoms with Crippen LogP contribution in [0, 0.1) is 5.82 Å². The summed E-state index contributed by atoms with van der Waals surface area (Å²) in [6.07, 6.45) is 0.306. The van der Waals surface area contributed by atoms with Crippen molar-refractivity contribution in [2.45, 2.75) is 17.9 Å². The maximum atomic E-state index is 13.4. The van der Waals surface area contributed by atoms with Gasteiger partial charge in [0.2, 0.25) is 5.91 Å². The average Bonchev–Trinajstić information content (AvgIpc) is 2.50. The van der Waals surface area contributed by atoms with Crippen LogP contribution in [0.4, 0.5) is 10.1 Å². The smallest absolute Gasteiger partial charge is 0.225 e. The third-order valence-electron chi connectivity index (χ3n) is 2.84. The summed E-state index contributed by atoms with van der Waals surface area (Å²) >= 11 is 1.32. The van der Waals surface area contributed by atoms with Gasteiger partial charge in [-0.15, -0.1) is 11.8 Å². The second-order valence-electron chi connectivity index (χ2n) is 4.43. The number of aliphatic hydroxyl groups is 1. The first-order valence-electron chi connectivity index (χ1n) is 6.56. The highest BCUT2D eigenvalue weighted by Crippen LogP contribution is 2.22. The summed E-state index contributed by atoms with van der Waals surface area (Å²) in [5.41, 5.74) is 1.48. The number of rotatable bonds is 6. The number of thioether (sulfide) groups is 1. The molecule has 0 radical (unpaired) electrons. The van der Waals surface area contributed by atoms with Crippen LogP contribution >= 0.6 is 11.8 Å². The van der Waals surface area contributed by atoms with Gasteiger partial charge in [0.15, 0.2) is 0 Å². The average molecular weight is 305 g/mol. The third-order valence-corrected chi connectivity index (χ3v) is 3.89. The van der Waals surface area contributed by atoms with Gasteiger partial charge in [-0.2, -0.15) is 0 Å². The number of anilines is 1. The first kappa shape index (κ1) is 15.5. The van der Waals surface area contributed by atoms with E-state index in [4.69, 9.17) is 5.11 Å². The van der Waals surface area contributed by atoms with E-state index in [1.54, 1.807) is 42.5 Å². The van der Waals surface area contributed by atoms with Crippen LogP contribution in [0.5, 0.6) is 0 Å². The van der Waals surface area contributed by atoms with E-state index in [2.05, 4.69) is 5.32 Å². The highest BCUT2D eigenvalue weighted by atomic mass is 32.2. The van der Waals surface area contributed by atoms with Gasteiger partial charge in [-0.05, 0) is 29.8 Å². The van der Waals surface area contributed by atoms with Crippen LogP contribution in [-0.4, -0.2) is 16.8 Å². The van der Waals surface area contributed by atoms with Crippen LogP contribution in [0.25, 0.3) is 0 Å². The minimum absolute atomic E-state index is 0.0203. The zero-order valence-electron chi connectivity index (χ0n) is 11.4. The van der Waals surface area contributed by atoms with Crippen LogP contribution in [0.15, 0.2) is 53.4 Å². The summed E-state index contributed by atoms with van der Waals surface area (Å²) in [4.78, 5) is 12.3. The maximum absolute atomic E-state index is 13.4. The van der Waals surface area contributed by atoms with Gasteiger partial charge in [-0.25, -0.2) is 4.39 Å². The van der Waals surface area contributed by atoms with Crippen molar-refractivity contribution in [3.63, 3.8) is 0 Å². The minimum Gasteiger partial charge on any atom is -0.392 e. The number of hydrogen-bond acceptors (Lipinski definition) is 3. The van der Waals surface area contributed by atoms with Crippen molar-refractivity contribution < 1.29 is 14.3 Å². The summed E-state index contributed by atoms with van der Waals surface area (Å²) in [7, 11) is 0. The van der Waals surface area contributed by atoms with Crippen LogP contribution in [0.1, 0.15) is 12.0 Å². The van der Waals surface area contributed by atoms with Crippen LogP contribution in [-0.2, 0) is 11.4 Å². The Morgan fingerprint density at radius 3 is 2.52 bits per heavy atom. The summed E-state index contributed by atoms with van der Waals surface area (Å²) in [5, 5.41) is 11.7. The Morgan fingerprint density at radius 1 is 1.14 bits per heavy atom. The summed E-state index contributed by atoms with van der Waals surface area (Å²) in [5.74, 6) is 0.139. The Kier molecular flexibility index (Phi) is 5.78. The summed E-state index contributed by atoms with van der Waals surface area (Å²) in [6, 6.07) is 13.5. The molecule has 0 aromatic heterocycles. The normalized spacial score (nSPS) is 10.4. The molecule has 110 valence electrons. The van der Waals surface area contributed by atoms with Crippen LogP contribution < -0.4 is 5.32 Å². The molecule has 3 nitrogen and oxygen atoms in total. The summed E-state index contributed by atoms with van der Waals surface area (Å²) < 4.78 is 13.4. The zero-order valence-corrected chi connectivity index (χ0v) is 12.2. The largest absolute Gasteiger partial charge is 0.392 e. The van der Waals surface area contributed by atoms with Gasteiger partial charge in [-0.3, -0.25) is 4.79 Å². The number of carbonyl (C=O) groups is 1. The van der Waals surface area contributed by atoms with Gasteiger partial charge >= 0.3 is 0 Å². The van der Waals surface area contributed by atoms with Crippen LogP contribution in [0.3, 0.4) is 0 Å². The molecule has 0 fully saturated rings. The number of amides is 1. The van der Waals surface area contributed by atoms with E-state index in [0.717, 1.165) is 5.56 Å². The standard InChI is InChI=1S/C16H16FNO2S/c17-14-3-1-2-4-15(14)21-10-9-16(20)18-13-7-5-12(11-19)6-8-13/h1-8,19H,9-11H2,(H,18,20). The second-order valence-corrected chi connectivity index (χ2v) is 5.57. The van der Waals surface area contributed by atoms with E-state index in [9.17, 15) is 9.18 Å². The lowest BCUT2D eigenvalue weighted by atomic mass is 10.2. The van der Waals surface area contributed by atoms with Gasteiger partial charge < -0.3 is 10.4 Å². The molecule has 1 amide bonds. The number of halogens is 1. The second kappa shape index (κ2) is 7.81. The van der Waals surface area contributed by atoms with Gasteiger partial charge in [0, 0.05) is 22.8 Å². The molecule has 2 rings (SSSR count). The molecular weight excluding hydrogens is 289 g/mol. The number of aliphatic hydroxyl groups excluding tert-OH is 1. The fraction of sp³-hybridized carbons (Fsp3) is 0.188. The molecule has 0 atom stereocenters. The predicted octanol–water partition coefficient (Wildman–Crippen LogP) is 3.44. The van der Waals surface area contributed by atoms with Gasteiger partial charge in [0.1, 0.15) is 5.82 Å². The first-order chi connectivity index (χ1) is 10.2. The van der Waals surface area contributed by atoms with Gasteiger partial charge in [-0.1, -0.05) is 24.3 Å². The van der Waals surface area contributed by atoms with E-state index in [1.807, 2.05) is 0 Å². The third kappa shape index (κ3) is 4.88. The molecule has 0 saturated carbocycles. The Bertz CT molecular complexity index is 601. The number of carbonyl (C=O) groups excluding carboxylic acids is 1. The number of hydrogen-bond donors (Lipinski definition) is 2. The van der Waals surface area contributed by atoms with E-state index in [-0.39, 0.29) is 18.3 Å². The molecule has 0 aliphatic rings. The number of benzene rings is 2. The molecule has 0 unspecified atom stereocenters. The molecule has 0 aliphatic heterocycles. The molecule has 0 spiro atoms. The fourth-order valence-electron chi connectivity index (χ4n) is 1.73. The Hall–Kier alpha value is -1.85. The summed E-state index contributed by atoms with van der Waals surface area (Å²) in [6.45, 7) is -0.0203. The van der Waals surface area contributed by atoms with Crippen molar-refractivity contribution in [2.24, 2.45) is 0 Å². The SMILES string of the molecule is O=C(CCSc1ccccc1F)Nc1ccc(CO)cc1. The molecule has 0 heterocycles. The molecule has 0 saturated heterocycles. The molecule has 0 aliphatic carbocycles. The van der Waals surface area contributed by atoms with Gasteiger partial charge in [0.05, 0.1) is 6.61 Å². The fourth-order valence-corrected chi connectivity index (χ4v) is 2.62. The predicted molar refractivity (Wildman–Crippen MR) is 82.7 cm³/mol. The molecule has 2 N–H and O–H groups in total. The van der Waals surface area contributed by atoms with Crippen molar-refractivity contribution in [3.05, 3.63) is 59.9 Å². The van der Waals surface area contributed by atoms with Gasteiger partial charge in [0.25, 0.3) is 0 Å². The van der Waals surface area contributed by atoms with E-state index in [0.29, 0.717) is 22.8 Å². The Morgan fingerprint density at radius 2 is 1.86 bits per heavy atom. The molecular formula is C16H16FNO2S. The van der Waals surface area contributed by atoms with E-state index < -0.39 is 0 Å². The molecule has 0 bridgehead atoms. The monoisotopic (exact) mass is 305 g/mol.